The third kappa shape index (κ3) is 6.12. The van der Waals surface area contributed by atoms with Crippen molar-refractivity contribution in [3.63, 3.8) is 0 Å². The van der Waals surface area contributed by atoms with Crippen LogP contribution in [0.5, 0.6) is 0 Å². The molecular formula is C20H36ClN3O2. The largest absolute Gasteiger partial charge is 0.353 e. The van der Waals surface area contributed by atoms with Crippen LogP contribution in [-0.2, 0) is 9.59 Å². The van der Waals surface area contributed by atoms with Crippen LogP contribution in [0.4, 0.5) is 0 Å². The summed E-state index contributed by atoms with van der Waals surface area (Å²) in [6, 6.07) is 0.591. The standard InChI is InChI=1S/C20H35N3O2.ClH/c1-14-13-21-11-10-18(14)23-20(25)16-6-8-17(9-7-16)22-19(24)12-15-4-2-3-5-15;/h14-18,21H,2-13H2,1H3,(H,22,24)(H,23,25);1H. The van der Waals surface area contributed by atoms with E-state index in [1.807, 2.05) is 0 Å². The number of piperidine rings is 1. The van der Waals surface area contributed by atoms with E-state index in [-0.39, 0.29) is 36.2 Å². The predicted octanol–water partition coefficient (Wildman–Crippen LogP) is 2.78. The quantitative estimate of drug-likeness (QED) is 0.681. The molecule has 3 N–H and O–H groups in total. The normalized spacial score (nSPS) is 32.5. The Morgan fingerprint density at radius 1 is 0.962 bits per heavy atom. The molecule has 3 rings (SSSR count). The van der Waals surface area contributed by atoms with Crippen molar-refractivity contribution in [3.05, 3.63) is 0 Å². The molecule has 26 heavy (non-hydrogen) atoms. The van der Waals surface area contributed by atoms with Crippen LogP contribution in [0.15, 0.2) is 0 Å². The molecule has 1 heterocycles. The molecule has 3 aliphatic rings. The topological polar surface area (TPSA) is 70.2 Å². The fourth-order valence-electron chi connectivity index (χ4n) is 4.79. The Labute approximate surface area is 164 Å². The van der Waals surface area contributed by atoms with Gasteiger partial charge in [0.1, 0.15) is 0 Å². The maximum Gasteiger partial charge on any atom is 0.223 e. The lowest BCUT2D eigenvalue weighted by Crippen LogP contribution is -2.50. The summed E-state index contributed by atoms with van der Waals surface area (Å²) in [6.45, 7) is 4.19. The van der Waals surface area contributed by atoms with Gasteiger partial charge >= 0.3 is 0 Å². The van der Waals surface area contributed by atoms with E-state index in [0.717, 1.165) is 45.2 Å². The third-order valence-electron chi connectivity index (χ3n) is 6.52. The fourth-order valence-corrected chi connectivity index (χ4v) is 4.79. The second-order valence-electron chi connectivity index (χ2n) is 8.56. The second kappa shape index (κ2) is 10.5. The highest BCUT2D eigenvalue weighted by atomic mass is 35.5. The lowest BCUT2D eigenvalue weighted by Gasteiger charge is -2.33. The monoisotopic (exact) mass is 385 g/mol. The highest BCUT2D eigenvalue weighted by Crippen LogP contribution is 2.28. The van der Waals surface area contributed by atoms with Gasteiger partial charge in [-0.05, 0) is 69.9 Å². The summed E-state index contributed by atoms with van der Waals surface area (Å²) in [5, 5.41) is 9.87. The minimum atomic E-state index is 0. The van der Waals surface area contributed by atoms with E-state index in [4.69, 9.17) is 0 Å². The number of halogens is 1. The van der Waals surface area contributed by atoms with Gasteiger partial charge in [0.25, 0.3) is 0 Å². The molecule has 0 radical (unpaired) electrons. The molecule has 6 heteroatoms. The molecule has 2 atom stereocenters. The maximum atomic E-state index is 12.6. The first kappa shape index (κ1) is 21.5. The van der Waals surface area contributed by atoms with Crippen LogP contribution >= 0.6 is 12.4 Å². The summed E-state index contributed by atoms with van der Waals surface area (Å²) in [5.74, 6) is 1.70. The third-order valence-corrected chi connectivity index (χ3v) is 6.52. The average Bonchev–Trinajstić information content (AvgIpc) is 3.10. The smallest absolute Gasteiger partial charge is 0.223 e. The van der Waals surface area contributed by atoms with Crippen molar-refractivity contribution in [1.29, 1.82) is 0 Å². The van der Waals surface area contributed by atoms with Crippen molar-refractivity contribution in [3.8, 4) is 0 Å². The number of hydrogen-bond donors (Lipinski definition) is 3. The molecule has 0 aromatic rings. The summed E-state index contributed by atoms with van der Waals surface area (Å²) in [6.07, 6.45) is 10.4. The molecule has 5 nitrogen and oxygen atoms in total. The maximum absolute atomic E-state index is 12.6. The van der Waals surface area contributed by atoms with Crippen LogP contribution in [-0.4, -0.2) is 37.0 Å². The average molecular weight is 386 g/mol. The van der Waals surface area contributed by atoms with Crippen molar-refractivity contribution in [2.75, 3.05) is 13.1 Å². The molecule has 3 fully saturated rings. The molecule has 0 spiro atoms. The molecule has 0 bridgehead atoms. The summed E-state index contributed by atoms with van der Waals surface area (Å²) < 4.78 is 0. The lowest BCUT2D eigenvalue weighted by atomic mass is 9.84. The van der Waals surface area contributed by atoms with E-state index < -0.39 is 0 Å². The highest BCUT2D eigenvalue weighted by Gasteiger charge is 2.30. The van der Waals surface area contributed by atoms with Crippen LogP contribution in [0.3, 0.4) is 0 Å². The van der Waals surface area contributed by atoms with Gasteiger partial charge in [-0.2, -0.15) is 0 Å². The van der Waals surface area contributed by atoms with E-state index >= 15 is 0 Å². The van der Waals surface area contributed by atoms with E-state index in [2.05, 4.69) is 22.9 Å². The fraction of sp³-hybridized carbons (Fsp3) is 0.900. The Balaban J connectivity index is 0.00000243. The molecule has 0 aromatic heterocycles. The first-order chi connectivity index (χ1) is 12.1. The molecule has 150 valence electrons. The number of carbonyl (C=O) groups is 2. The van der Waals surface area contributed by atoms with Gasteiger partial charge in [-0.25, -0.2) is 0 Å². The number of carbonyl (C=O) groups excluding carboxylic acids is 2. The molecule has 2 saturated carbocycles. The molecule has 1 aliphatic heterocycles. The number of nitrogens with one attached hydrogen (secondary N) is 3. The number of rotatable bonds is 5. The van der Waals surface area contributed by atoms with E-state index in [1.54, 1.807) is 0 Å². The Bertz CT molecular complexity index is 460. The van der Waals surface area contributed by atoms with Gasteiger partial charge in [-0.1, -0.05) is 19.8 Å². The van der Waals surface area contributed by atoms with Gasteiger partial charge in [-0.3, -0.25) is 9.59 Å². The highest BCUT2D eigenvalue weighted by molar-refractivity contribution is 5.85. The van der Waals surface area contributed by atoms with E-state index in [9.17, 15) is 9.59 Å². The number of amides is 2. The number of hydrogen-bond acceptors (Lipinski definition) is 3. The molecule has 1 saturated heterocycles. The predicted molar refractivity (Wildman–Crippen MR) is 106 cm³/mol. The van der Waals surface area contributed by atoms with Crippen LogP contribution in [0, 0.1) is 17.8 Å². The van der Waals surface area contributed by atoms with Crippen LogP contribution in [0.25, 0.3) is 0 Å². The summed E-state index contributed by atoms with van der Waals surface area (Å²) in [4.78, 5) is 24.7. The minimum Gasteiger partial charge on any atom is -0.353 e. The molecule has 2 unspecified atom stereocenters. The van der Waals surface area contributed by atoms with Crippen LogP contribution in [0.1, 0.15) is 71.1 Å². The Kier molecular flexibility index (Phi) is 8.68. The van der Waals surface area contributed by atoms with E-state index in [1.165, 1.54) is 25.7 Å². The van der Waals surface area contributed by atoms with Gasteiger partial charge in [0.2, 0.25) is 11.8 Å². The summed E-state index contributed by atoms with van der Waals surface area (Å²) in [7, 11) is 0. The van der Waals surface area contributed by atoms with E-state index in [0.29, 0.717) is 24.3 Å². The lowest BCUT2D eigenvalue weighted by molar-refractivity contribution is -0.127. The summed E-state index contributed by atoms with van der Waals surface area (Å²) >= 11 is 0. The molecular weight excluding hydrogens is 350 g/mol. The second-order valence-corrected chi connectivity index (χ2v) is 8.56. The van der Waals surface area contributed by atoms with Crippen molar-refractivity contribution in [2.45, 2.75) is 83.2 Å². The zero-order valence-corrected chi connectivity index (χ0v) is 16.9. The summed E-state index contributed by atoms with van der Waals surface area (Å²) in [5.41, 5.74) is 0. The minimum absolute atomic E-state index is 0. The van der Waals surface area contributed by atoms with Crippen molar-refractivity contribution in [1.82, 2.24) is 16.0 Å². The van der Waals surface area contributed by atoms with Gasteiger partial charge in [0.05, 0.1) is 0 Å². The van der Waals surface area contributed by atoms with Crippen LogP contribution < -0.4 is 16.0 Å². The van der Waals surface area contributed by atoms with Crippen LogP contribution in [0.2, 0.25) is 0 Å². The van der Waals surface area contributed by atoms with Crippen molar-refractivity contribution >= 4 is 24.2 Å². The van der Waals surface area contributed by atoms with Gasteiger partial charge in [-0.15, -0.1) is 12.4 Å². The Morgan fingerprint density at radius 2 is 1.65 bits per heavy atom. The van der Waals surface area contributed by atoms with Gasteiger partial charge in [0, 0.05) is 24.4 Å². The SMILES string of the molecule is CC1CNCCC1NC(=O)C1CCC(NC(=O)CC2CCCC2)CC1.Cl. The molecule has 2 aliphatic carbocycles. The zero-order chi connectivity index (χ0) is 17.6. The molecule has 0 aromatic carbocycles. The first-order valence-corrected chi connectivity index (χ1v) is 10.4. The first-order valence-electron chi connectivity index (χ1n) is 10.4. The molecule has 2 amide bonds. The van der Waals surface area contributed by atoms with Gasteiger partial charge < -0.3 is 16.0 Å². The zero-order valence-electron chi connectivity index (χ0n) is 16.1. The Morgan fingerprint density at radius 3 is 2.31 bits per heavy atom. The van der Waals surface area contributed by atoms with Gasteiger partial charge in [0.15, 0.2) is 0 Å². The van der Waals surface area contributed by atoms with Crippen molar-refractivity contribution in [2.24, 2.45) is 17.8 Å². The van der Waals surface area contributed by atoms with Crippen molar-refractivity contribution < 1.29 is 9.59 Å². The Hall–Kier alpha value is -0.810.